The largest absolute Gasteiger partial charge is 0.327 e. The van der Waals surface area contributed by atoms with Gasteiger partial charge in [0.1, 0.15) is 0 Å². The van der Waals surface area contributed by atoms with E-state index < -0.39 is 0 Å². The molecule has 3 atom stereocenters. The average Bonchev–Trinajstić information content (AvgIpc) is 1.85. The molecule has 0 heterocycles. The fraction of sp³-hybridized carbons (Fsp3) is 1.00. The van der Waals surface area contributed by atoms with Crippen molar-refractivity contribution in [2.45, 2.75) is 46.1 Å². The first-order valence-electron chi connectivity index (χ1n) is 4.87. The third-order valence-corrected chi connectivity index (χ3v) is 3.07. The number of halogens is 1. The number of hydrogen-bond donors (Lipinski definition) is 1. The van der Waals surface area contributed by atoms with E-state index in [2.05, 4.69) is 20.8 Å². The zero-order valence-corrected chi connectivity index (χ0v) is 9.23. The van der Waals surface area contributed by atoms with Gasteiger partial charge in [-0.15, -0.1) is 12.4 Å². The van der Waals surface area contributed by atoms with Gasteiger partial charge in [-0.05, 0) is 30.6 Å². The Hall–Kier alpha value is 0.250. The molecule has 0 spiro atoms. The van der Waals surface area contributed by atoms with Crippen LogP contribution in [0.25, 0.3) is 0 Å². The molecule has 0 bridgehead atoms. The van der Waals surface area contributed by atoms with Crippen LogP contribution >= 0.6 is 12.4 Å². The van der Waals surface area contributed by atoms with Gasteiger partial charge in [0.15, 0.2) is 0 Å². The summed E-state index contributed by atoms with van der Waals surface area (Å²) in [5.41, 5.74) is 6.07. The Morgan fingerprint density at radius 3 is 2.25 bits per heavy atom. The van der Waals surface area contributed by atoms with Gasteiger partial charge < -0.3 is 5.73 Å². The lowest BCUT2D eigenvalue weighted by Gasteiger charge is -2.34. The van der Waals surface area contributed by atoms with E-state index in [1.54, 1.807) is 0 Å². The molecule has 2 heteroatoms. The van der Waals surface area contributed by atoms with Gasteiger partial charge in [0.05, 0.1) is 0 Å². The smallest absolute Gasteiger partial charge is 0.00721 e. The molecule has 1 rings (SSSR count). The molecule has 1 nitrogen and oxygen atoms in total. The molecule has 1 fully saturated rings. The first-order chi connectivity index (χ1) is 5.11. The Labute approximate surface area is 82.5 Å². The summed E-state index contributed by atoms with van der Waals surface area (Å²) in [5.74, 6) is 2.42. The van der Waals surface area contributed by atoms with Gasteiger partial charge in [-0.1, -0.05) is 27.2 Å². The molecule has 0 amide bonds. The lowest BCUT2D eigenvalue weighted by molar-refractivity contribution is 0.199. The third kappa shape index (κ3) is 2.95. The number of rotatable bonds is 1. The number of hydrogen-bond acceptors (Lipinski definition) is 1. The standard InChI is InChI=1S/C10H21N.ClH/c1-7(2)9-5-4-8(3)6-10(9)11;/h7-10H,4-6,11H2,1-3H3;1H/t8-,9-,10-;/m1./s1. The summed E-state index contributed by atoms with van der Waals surface area (Å²) in [5, 5.41) is 0. The summed E-state index contributed by atoms with van der Waals surface area (Å²) in [6.45, 7) is 6.90. The van der Waals surface area contributed by atoms with Gasteiger partial charge in [0.25, 0.3) is 0 Å². The molecule has 0 unspecified atom stereocenters. The fourth-order valence-corrected chi connectivity index (χ4v) is 2.28. The summed E-state index contributed by atoms with van der Waals surface area (Å²) in [6.07, 6.45) is 3.97. The Kier molecular flexibility index (Phi) is 5.19. The molecule has 12 heavy (non-hydrogen) atoms. The summed E-state index contributed by atoms with van der Waals surface area (Å²) in [6, 6.07) is 0.471. The van der Waals surface area contributed by atoms with E-state index in [0.717, 1.165) is 17.8 Å². The fourth-order valence-electron chi connectivity index (χ4n) is 2.28. The summed E-state index contributed by atoms with van der Waals surface area (Å²) in [7, 11) is 0. The topological polar surface area (TPSA) is 26.0 Å². The van der Waals surface area contributed by atoms with Crippen molar-refractivity contribution < 1.29 is 0 Å². The normalized spacial score (nSPS) is 36.2. The molecule has 0 aromatic rings. The monoisotopic (exact) mass is 191 g/mol. The highest BCUT2D eigenvalue weighted by atomic mass is 35.5. The van der Waals surface area contributed by atoms with Crippen LogP contribution in [0.4, 0.5) is 0 Å². The van der Waals surface area contributed by atoms with Crippen LogP contribution in [-0.4, -0.2) is 6.04 Å². The maximum Gasteiger partial charge on any atom is 0.00721 e. The molecule has 1 aliphatic carbocycles. The molecule has 74 valence electrons. The molecule has 0 saturated heterocycles. The van der Waals surface area contributed by atoms with E-state index >= 15 is 0 Å². The summed E-state index contributed by atoms with van der Waals surface area (Å²) >= 11 is 0. The first-order valence-corrected chi connectivity index (χ1v) is 4.87. The predicted molar refractivity (Wildman–Crippen MR) is 56.6 cm³/mol. The molecule has 0 aromatic heterocycles. The Balaban J connectivity index is 0.00000121. The van der Waals surface area contributed by atoms with Crippen LogP contribution in [0, 0.1) is 17.8 Å². The Morgan fingerprint density at radius 2 is 1.83 bits per heavy atom. The highest BCUT2D eigenvalue weighted by molar-refractivity contribution is 5.85. The van der Waals surface area contributed by atoms with Gasteiger partial charge in [0, 0.05) is 6.04 Å². The van der Waals surface area contributed by atoms with Crippen molar-refractivity contribution in [3.63, 3.8) is 0 Å². The van der Waals surface area contributed by atoms with E-state index in [-0.39, 0.29) is 12.4 Å². The van der Waals surface area contributed by atoms with Crippen LogP contribution in [0.5, 0.6) is 0 Å². The van der Waals surface area contributed by atoms with Crippen LogP contribution in [0.3, 0.4) is 0 Å². The third-order valence-electron chi connectivity index (χ3n) is 3.07. The molecular weight excluding hydrogens is 170 g/mol. The minimum absolute atomic E-state index is 0. The Morgan fingerprint density at radius 1 is 1.25 bits per heavy atom. The maximum absolute atomic E-state index is 6.07. The average molecular weight is 192 g/mol. The highest BCUT2D eigenvalue weighted by Crippen LogP contribution is 2.31. The van der Waals surface area contributed by atoms with Gasteiger partial charge in [-0.2, -0.15) is 0 Å². The van der Waals surface area contributed by atoms with Crippen LogP contribution in [0.2, 0.25) is 0 Å². The van der Waals surface area contributed by atoms with E-state index in [1.807, 2.05) is 0 Å². The summed E-state index contributed by atoms with van der Waals surface area (Å²) < 4.78 is 0. The van der Waals surface area contributed by atoms with Crippen LogP contribution in [0.15, 0.2) is 0 Å². The predicted octanol–water partition coefficient (Wildman–Crippen LogP) is 2.83. The van der Waals surface area contributed by atoms with Gasteiger partial charge >= 0.3 is 0 Å². The number of nitrogens with two attached hydrogens (primary N) is 1. The molecule has 0 radical (unpaired) electrons. The van der Waals surface area contributed by atoms with E-state index in [4.69, 9.17) is 5.73 Å². The molecule has 1 saturated carbocycles. The van der Waals surface area contributed by atoms with Crippen LogP contribution < -0.4 is 5.73 Å². The van der Waals surface area contributed by atoms with Crippen molar-refractivity contribution in [3.8, 4) is 0 Å². The molecular formula is C10H22ClN. The van der Waals surface area contributed by atoms with E-state index in [0.29, 0.717) is 6.04 Å². The van der Waals surface area contributed by atoms with E-state index in [1.165, 1.54) is 19.3 Å². The molecule has 2 N–H and O–H groups in total. The SMILES string of the molecule is CC(C)[C@H]1CC[C@@H](C)C[C@H]1N.Cl. The zero-order chi connectivity index (χ0) is 8.43. The van der Waals surface area contributed by atoms with Crippen molar-refractivity contribution >= 4 is 12.4 Å². The van der Waals surface area contributed by atoms with Gasteiger partial charge in [0.2, 0.25) is 0 Å². The second kappa shape index (κ2) is 5.08. The van der Waals surface area contributed by atoms with E-state index in [9.17, 15) is 0 Å². The lowest BCUT2D eigenvalue weighted by Crippen LogP contribution is -2.38. The van der Waals surface area contributed by atoms with Gasteiger partial charge in [-0.3, -0.25) is 0 Å². The maximum atomic E-state index is 6.07. The zero-order valence-electron chi connectivity index (χ0n) is 8.42. The van der Waals surface area contributed by atoms with Crippen molar-refractivity contribution in [1.82, 2.24) is 0 Å². The van der Waals surface area contributed by atoms with Crippen molar-refractivity contribution in [2.24, 2.45) is 23.5 Å². The van der Waals surface area contributed by atoms with Crippen LogP contribution in [-0.2, 0) is 0 Å². The highest BCUT2D eigenvalue weighted by Gasteiger charge is 2.27. The lowest BCUT2D eigenvalue weighted by atomic mass is 9.74. The van der Waals surface area contributed by atoms with Crippen molar-refractivity contribution in [1.29, 1.82) is 0 Å². The molecule has 0 aromatic carbocycles. The van der Waals surface area contributed by atoms with Crippen molar-refractivity contribution in [2.75, 3.05) is 0 Å². The van der Waals surface area contributed by atoms with Gasteiger partial charge in [-0.25, -0.2) is 0 Å². The van der Waals surface area contributed by atoms with Crippen molar-refractivity contribution in [3.05, 3.63) is 0 Å². The van der Waals surface area contributed by atoms with Crippen LogP contribution in [0.1, 0.15) is 40.0 Å². The molecule has 0 aliphatic heterocycles. The quantitative estimate of drug-likeness (QED) is 0.678. The second-order valence-corrected chi connectivity index (χ2v) is 4.49. The molecule has 1 aliphatic rings. The first kappa shape index (κ1) is 12.2. The Bertz CT molecular complexity index is 125. The minimum Gasteiger partial charge on any atom is -0.327 e. The second-order valence-electron chi connectivity index (χ2n) is 4.49. The minimum atomic E-state index is 0. The summed E-state index contributed by atoms with van der Waals surface area (Å²) in [4.78, 5) is 0.